The lowest BCUT2D eigenvalue weighted by atomic mass is 10.1. The van der Waals surface area contributed by atoms with Gasteiger partial charge in [-0.05, 0) is 23.3 Å². The van der Waals surface area contributed by atoms with Crippen molar-refractivity contribution in [3.05, 3.63) is 87.7 Å². The van der Waals surface area contributed by atoms with Gasteiger partial charge in [-0.1, -0.05) is 42.5 Å². The van der Waals surface area contributed by atoms with E-state index in [-0.39, 0.29) is 30.0 Å². The number of methoxy groups -OCH3 is 1. The van der Waals surface area contributed by atoms with Crippen LogP contribution in [-0.2, 0) is 22.4 Å². The Hall–Kier alpha value is -3.81. The number of phenolic OH excluding ortho intramolecular Hbond substituents is 1. The molecule has 0 saturated heterocycles. The Kier molecular flexibility index (Phi) is 6.13. The number of esters is 1. The summed E-state index contributed by atoms with van der Waals surface area (Å²) in [6.07, 6.45) is 0.387. The van der Waals surface area contributed by atoms with Gasteiger partial charge in [0.15, 0.2) is 0 Å². The third-order valence-corrected chi connectivity index (χ3v) is 4.32. The van der Waals surface area contributed by atoms with Crippen LogP contribution in [0.1, 0.15) is 27.4 Å². The molecule has 0 aliphatic carbocycles. The highest BCUT2D eigenvalue weighted by Gasteiger charge is 2.26. The molecule has 0 fully saturated rings. The predicted octanol–water partition coefficient (Wildman–Crippen LogP) is 1.78. The number of carbonyl (C=O) groups is 2. The Bertz CT molecular complexity index is 1040. The number of hydrogen-bond acceptors (Lipinski definition) is 6. The van der Waals surface area contributed by atoms with Crippen molar-refractivity contribution in [2.75, 3.05) is 7.11 Å². The molecule has 1 aromatic heterocycles. The van der Waals surface area contributed by atoms with Gasteiger partial charge in [0.25, 0.3) is 5.91 Å². The quantitative estimate of drug-likeness (QED) is 0.524. The molecule has 1 heterocycles. The lowest BCUT2D eigenvalue weighted by Crippen LogP contribution is -2.43. The minimum Gasteiger partial charge on any atom is -0.508 e. The summed E-state index contributed by atoms with van der Waals surface area (Å²) in [6.45, 7) is 0. The molecule has 0 unspecified atom stereocenters. The zero-order chi connectivity index (χ0) is 20.8. The number of phenols is 1. The van der Waals surface area contributed by atoms with Crippen LogP contribution in [0.2, 0.25) is 0 Å². The Morgan fingerprint density at radius 3 is 2.45 bits per heavy atom. The van der Waals surface area contributed by atoms with Crippen molar-refractivity contribution in [3.63, 3.8) is 0 Å². The maximum absolute atomic E-state index is 12.8. The van der Waals surface area contributed by atoms with Crippen LogP contribution >= 0.6 is 0 Å². The molecular formula is C21H20N2O6. The summed E-state index contributed by atoms with van der Waals surface area (Å²) in [5.41, 5.74) is 1.53. The number of benzene rings is 2. The molecule has 29 heavy (non-hydrogen) atoms. The van der Waals surface area contributed by atoms with E-state index < -0.39 is 23.7 Å². The fraction of sp³-hybridized carbons (Fsp3) is 0.190. The number of aromatic hydroxyl groups is 1. The molecule has 2 aromatic carbocycles. The average Bonchev–Trinajstić information content (AvgIpc) is 3.09. The fourth-order valence-corrected chi connectivity index (χ4v) is 2.88. The van der Waals surface area contributed by atoms with E-state index >= 15 is 0 Å². The van der Waals surface area contributed by atoms with Crippen molar-refractivity contribution in [1.29, 1.82) is 0 Å². The summed E-state index contributed by atoms with van der Waals surface area (Å²) in [6, 6.07) is 14.5. The molecule has 0 aliphatic rings. The molecule has 3 rings (SSSR count). The molecule has 3 aromatic rings. The molecular weight excluding hydrogens is 376 g/mol. The van der Waals surface area contributed by atoms with Crippen molar-refractivity contribution < 1.29 is 23.8 Å². The van der Waals surface area contributed by atoms with E-state index in [4.69, 9.17) is 9.15 Å². The second-order valence-electron chi connectivity index (χ2n) is 6.39. The van der Waals surface area contributed by atoms with E-state index in [0.717, 1.165) is 5.56 Å². The van der Waals surface area contributed by atoms with Gasteiger partial charge in [-0.25, -0.2) is 9.59 Å². The number of amides is 1. The van der Waals surface area contributed by atoms with Crippen molar-refractivity contribution in [2.45, 2.75) is 18.9 Å². The van der Waals surface area contributed by atoms with E-state index in [1.165, 1.54) is 19.2 Å². The summed E-state index contributed by atoms with van der Waals surface area (Å²) >= 11 is 0. The van der Waals surface area contributed by atoms with Crippen LogP contribution in [0.3, 0.4) is 0 Å². The van der Waals surface area contributed by atoms with Gasteiger partial charge in [0, 0.05) is 12.8 Å². The number of H-pyrrole nitrogens is 1. The predicted molar refractivity (Wildman–Crippen MR) is 104 cm³/mol. The molecule has 0 saturated carbocycles. The fourth-order valence-electron chi connectivity index (χ4n) is 2.88. The lowest BCUT2D eigenvalue weighted by Gasteiger charge is -2.16. The van der Waals surface area contributed by atoms with Crippen molar-refractivity contribution >= 4 is 11.9 Å². The SMILES string of the molecule is COC(=O)[C@H](Cc1ccc(O)cc1)NC(=O)c1[nH]c(=O)oc1Cc1ccccc1. The summed E-state index contributed by atoms with van der Waals surface area (Å²) in [7, 11) is 1.22. The molecule has 8 nitrogen and oxygen atoms in total. The van der Waals surface area contributed by atoms with Crippen molar-refractivity contribution in [1.82, 2.24) is 10.3 Å². The Morgan fingerprint density at radius 1 is 1.10 bits per heavy atom. The molecule has 0 bridgehead atoms. The van der Waals surface area contributed by atoms with Gasteiger partial charge in [-0.2, -0.15) is 0 Å². The summed E-state index contributed by atoms with van der Waals surface area (Å²) in [5.74, 6) is -1.78. The van der Waals surface area contributed by atoms with Crippen LogP contribution in [-0.4, -0.2) is 35.1 Å². The first-order valence-corrected chi connectivity index (χ1v) is 8.88. The number of rotatable bonds is 7. The zero-order valence-electron chi connectivity index (χ0n) is 15.7. The Labute approximate surface area is 166 Å². The summed E-state index contributed by atoms with van der Waals surface area (Å²) in [5, 5.41) is 12.0. The number of ether oxygens (including phenoxy) is 1. The minimum absolute atomic E-state index is 0.0431. The van der Waals surface area contributed by atoms with E-state index in [0.29, 0.717) is 5.56 Å². The van der Waals surface area contributed by atoms with Crippen molar-refractivity contribution in [2.24, 2.45) is 0 Å². The molecule has 3 N–H and O–H groups in total. The highest BCUT2D eigenvalue weighted by atomic mass is 16.5. The molecule has 0 spiro atoms. The van der Waals surface area contributed by atoms with Gasteiger partial charge in [0.2, 0.25) is 0 Å². The second kappa shape index (κ2) is 8.92. The third kappa shape index (κ3) is 5.13. The van der Waals surface area contributed by atoms with Gasteiger partial charge >= 0.3 is 11.7 Å². The number of aromatic amines is 1. The van der Waals surface area contributed by atoms with E-state index in [9.17, 15) is 19.5 Å². The van der Waals surface area contributed by atoms with E-state index in [1.54, 1.807) is 12.1 Å². The number of hydrogen-bond donors (Lipinski definition) is 3. The average molecular weight is 396 g/mol. The summed E-state index contributed by atoms with van der Waals surface area (Å²) in [4.78, 5) is 39.0. The number of oxazole rings is 1. The molecule has 0 radical (unpaired) electrons. The van der Waals surface area contributed by atoms with Gasteiger partial charge < -0.3 is 19.6 Å². The van der Waals surface area contributed by atoms with Crippen LogP contribution in [0.4, 0.5) is 0 Å². The molecule has 0 aliphatic heterocycles. The van der Waals surface area contributed by atoms with Crippen LogP contribution in [0, 0.1) is 0 Å². The normalized spacial score (nSPS) is 11.6. The highest BCUT2D eigenvalue weighted by Crippen LogP contribution is 2.14. The van der Waals surface area contributed by atoms with Crippen molar-refractivity contribution in [3.8, 4) is 5.75 Å². The minimum atomic E-state index is -0.986. The first-order valence-electron chi connectivity index (χ1n) is 8.88. The topological polar surface area (TPSA) is 122 Å². The van der Waals surface area contributed by atoms with Gasteiger partial charge in [0.1, 0.15) is 23.2 Å². The number of carbonyl (C=O) groups excluding carboxylic acids is 2. The Morgan fingerprint density at radius 2 is 1.79 bits per heavy atom. The molecule has 1 atom stereocenters. The maximum atomic E-state index is 12.8. The first-order chi connectivity index (χ1) is 14.0. The van der Waals surface area contributed by atoms with Crippen LogP contribution < -0.4 is 11.1 Å². The lowest BCUT2D eigenvalue weighted by molar-refractivity contribution is -0.142. The first kappa shape index (κ1) is 19.9. The summed E-state index contributed by atoms with van der Waals surface area (Å²) < 4.78 is 9.90. The Balaban J connectivity index is 1.80. The maximum Gasteiger partial charge on any atom is 0.417 e. The number of nitrogens with one attached hydrogen (secondary N) is 2. The number of aromatic nitrogens is 1. The third-order valence-electron chi connectivity index (χ3n) is 4.32. The van der Waals surface area contributed by atoms with E-state index in [1.807, 2.05) is 30.3 Å². The van der Waals surface area contributed by atoms with Crippen LogP contribution in [0.15, 0.2) is 63.8 Å². The standard InChI is InChI=1S/C21H20N2O6/c1-28-20(26)16(11-14-7-9-15(24)10-8-14)22-19(25)18-17(29-21(27)23-18)12-13-5-3-2-4-6-13/h2-10,16,24H,11-12H2,1H3,(H,22,25)(H,23,27)/t16-/m0/s1. The van der Waals surface area contributed by atoms with Gasteiger partial charge in [0.05, 0.1) is 7.11 Å². The monoisotopic (exact) mass is 396 g/mol. The molecule has 8 heteroatoms. The van der Waals surface area contributed by atoms with Gasteiger partial charge in [-0.15, -0.1) is 0 Å². The second-order valence-corrected chi connectivity index (χ2v) is 6.39. The smallest absolute Gasteiger partial charge is 0.417 e. The van der Waals surface area contributed by atoms with Crippen LogP contribution in [0.5, 0.6) is 5.75 Å². The zero-order valence-corrected chi connectivity index (χ0v) is 15.7. The molecule has 150 valence electrons. The highest BCUT2D eigenvalue weighted by molar-refractivity contribution is 5.96. The van der Waals surface area contributed by atoms with Crippen LogP contribution in [0.25, 0.3) is 0 Å². The van der Waals surface area contributed by atoms with E-state index in [2.05, 4.69) is 10.3 Å². The van der Waals surface area contributed by atoms with Gasteiger partial charge in [-0.3, -0.25) is 9.78 Å². The molecule has 1 amide bonds. The largest absolute Gasteiger partial charge is 0.508 e.